The van der Waals surface area contributed by atoms with Crippen LogP contribution in [0.2, 0.25) is 0 Å². The van der Waals surface area contributed by atoms with E-state index in [0.29, 0.717) is 33.0 Å². The normalized spacial score (nSPS) is 12.1. The maximum atomic E-state index is 5.50. The zero-order valence-electron chi connectivity index (χ0n) is 11.4. The highest BCUT2D eigenvalue weighted by atomic mass is 16.6. The van der Waals surface area contributed by atoms with Gasteiger partial charge in [0.2, 0.25) is 0 Å². The van der Waals surface area contributed by atoms with Crippen LogP contribution in [0, 0.1) is 0 Å². The van der Waals surface area contributed by atoms with E-state index in [2.05, 4.69) is 6.58 Å². The van der Waals surface area contributed by atoms with E-state index in [4.69, 9.17) is 18.9 Å². The summed E-state index contributed by atoms with van der Waals surface area (Å²) in [7, 11) is 1.63. The third-order valence-corrected chi connectivity index (χ3v) is 2.52. The first-order valence-corrected chi connectivity index (χ1v) is 6.31. The van der Waals surface area contributed by atoms with Gasteiger partial charge in [-0.05, 0) is 5.56 Å². The Hall–Kier alpha value is -1.36. The largest absolute Gasteiger partial charge is 0.499 e. The molecule has 0 radical (unpaired) electrons. The molecule has 1 unspecified atom stereocenters. The predicted octanol–water partition coefficient (Wildman–Crippen LogP) is 2.39. The monoisotopic (exact) mass is 266 g/mol. The summed E-state index contributed by atoms with van der Waals surface area (Å²) in [6.07, 6.45) is 1.32. The molecule has 1 aromatic carbocycles. The summed E-state index contributed by atoms with van der Waals surface area (Å²) in [5.41, 5.74) is 1.16. The summed E-state index contributed by atoms with van der Waals surface area (Å²) >= 11 is 0. The predicted molar refractivity (Wildman–Crippen MR) is 73.9 cm³/mol. The van der Waals surface area contributed by atoms with Crippen LogP contribution < -0.4 is 0 Å². The molecule has 0 N–H and O–H groups in total. The maximum Gasteiger partial charge on any atom is 0.116 e. The van der Waals surface area contributed by atoms with Crippen LogP contribution in [-0.2, 0) is 25.6 Å². The number of hydrogen-bond acceptors (Lipinski definition) is 4. The van der Waals surface area contributed by atoms with E-state index < -0.39 is 0 Å². The first-order valence-electron chi connectivity index (χ1n) is 6.31. The molecule has 4 heteroatoms. The molecule has 0 aromatic heterocycles. The minimum Gasteiger partial charge on any atom is -0.499 e. The molecule has 0 heterocycles. The molecule has 1 rings (SSSR count). The second-order valence-corrected chi connectivity index (χ2v) is 3.97. The Kier molecular flexibility index (Phi) is 8.72. The van der Waals surface area contributed by atoms with Crippen LogP contribution in [0.3, 0.4) is 0 Å². The highest BCUT2D eigenvalue weighted by Crippen LogP contribution is 2.00. The zero-order valence-corrected chi connectivity index (χ0v) is 11.4. The molecular weight excluding hydrogens is 244 g/mol. The average Bonchev–Trinajstić information content (AvgIpc) is 2.47. The van der Waals surface area contributed by atoms with Crippen molar-refractivity contribution in [1.29, 1.82) is 0 Å². The van der Waals surface area contributed by atoms with Crippen LogP contribution in [-0.4, -0.2) is 39.6 Å². The minimum atomic E-state index is -0.0767. The first-order chi connectivity index (χ1) is 9.36. The highest BCUT2D eigenvalue weighted by Gasteiger charge is 2.06. The fraction of sp³-hybridized carbons (Fsp3) is 0.467. The Morgan fingerprint density at radius 2 is 1.84 bits per heavy atom. The molecule has 0 saturated carbocycles. The first kappa shape index (κ1) is 15.7. The van der Waals surface area contributed by atoms with E-state index >= 15 is 0 Å². The van der Waals surface area contributed by atoms with E-state index in [0.717, 1.165) is 5.56 Å². The fourth-order valence-electron chi connectivity index (χ4n) is 1.46. The van der Waals surface area contributed by atoms with Gasteiger partial charge in [-0.25, -0.2) is 0 Å². The summed E-state index contributed by atoms with van der Waals surface area (Å²) < 4.78 is 21.2. The van der Waals surface area contributed by atoms with E-state index in [-0.39, 0.29) is 6.10 Å². The Morgan fingerprint density at radius 1 is 1.11 bits per heavy atom. The van der Waals surface area contributed by atoms with Crippen molar-refractivity contribution in [3.05, 3.63) is 48.7 Å². The lowest BCUT2D eigenvalue weighted by Crippen LogP contribution is -2.24. The number of rotatable bonds is 11. The lowest BCUT2D eigenvalue weighted by atomic mass is 10.2. The van der Waals surface area contributed by atoms with Crippen molar-refractivity contribution in [3.8, 4) is 0 Å². The van der Waals surface area contributed by atoms with Gasteiger partial charge >= 0.3 is 0 Å². The summed E-state index contributed by atoms with van der Waals surface area (Å²) in [5, 5.41) is 0. The maximum absolute atomic E-state index is 5.50. The fourth-order valence-corrected chi connectivity index (χ4v) is 1.46. The molecule has 0 spiro atoms. The molecule has 1 aromatic rings. The van der Waals surface area contributed by atoms with E-state index in [1.54, 1.807) is 7.11 Å². The second-order valence-electron chi connectivity index (χ2n) is 3.97. The molecule has 0 aliphatic heterocycles. The SMILES string of the molecule is C=COCC(COCCOCc1ccccc1)OC. The Morgan fingerprint density at radius 3 is 2.53 bits per heavy atom. The molecule has 0 amide bonds. The van der Waals surface area contributed by atoms with Crippen LogP contribution in [0.4, 0.5) is 0 Å². The van der Waals surface area contributed by atoms with Crippen molar-refractivity contribution in [2.45, 2.75) is 12.7 Å². The van der Waals surface area contributed by atoms with Gasteiger partial charge in [0.05, 0.1) is 32.7 Å². The summed E-state index contributed by atoms with van der Waals surface area (Å²) in [4.78, 5) is 0. The lowest BCUT2D eigenvalue weighted by molar-refractivity contribution is -0.0376. The number of hydrogen-bond donors (Lipinski definition) is 0. The van der Waals surface area contributed by atoms with Gasteiger partial charge in [0.1, 0.15) is 12.7 Å². The molecule has 0 aliphatic carbocycles. The number of methoxy groups -OCH3 is 1. The number of benzene rings is 1. The Balaban J connectivity index is 1.99. The van der Waals surface area contributed by atoms with Gasteiger partial charge in [-0.15, -0.1) is 0 Å². The second kappa shape index (κ2) is 10.6. The van der Waals surface area contributed by atoms with Gasteiger partial charge < -0.3 is 18.9 Å². The van der Waals surface area contributed by atoms with Gasteiger partial charge in [-0.1, -0.05) is 36.9 Å². The van der Waals surface area contributed by atoms with Gasteiger partial charge in [0.25, 0.3) is 0 Å². The van der Waals surface area contributed by atoms with Crippen molar-refractivity contribution in [2.75, 3.05) is 33.5 Å². The van der Waals surface area contributed by atoms with Crippen molar-refractivity contribution >= 4 is 0 Å². The van der Waals surface area contributed by atoms with Crippen molar-refractivity contribution < 1.29 is 18.9 Å². The molecule has 106 valence electrons. The van der Waals surface area contributed by atoms with Gasteiger partial charge in [0, 0.05) is 7.11 Å². The summed E-state index contributed by atoms with van der Waals surface area (Å²) in [6, 6.07) is 10.1. The Labute approximate surface area is 114 Å². The van der Waals surface area contributed by atoms with E-state index in [9.17, 15) is 0 Å². The van der Waals surface area contributed by atoms with E-state index in [1.807, 2.05) is 30.3 Å². The van der Waals surface area contributed by atoms with Crippen LogP contribution in [0.5, 0.6) is 0 Å². The molecular formula is C15H22O4. The topological polar surface area (TPSA) is 36.9 Å². The van der Waals surface area contributed by atoms with Crippen LogP contribution in [0.15, 0.2) is 43.2 Å². The smallest absolute Gasteiger partial charge is 0.116 e. The molecule has 0 bridgehead atoms. The number of ether oxygens (including phenoxy) is 4. The zero-order chi connectivity index (χ0) is 13.8. The summed E-state index contributed by atoms with van der Waals surface area (Å²) in [5.74, 6) is 0. The van der Waals surface area contributed by atoms with E-state index in [1.165, 1.54) is 6.26 Å². The summed E-state index contributed by atoms with van der Waals surface area (Å²) in [6.45, 7) is 6.13. The van der Waals surface area contributed by atoms with Gasteiger partial charge in [-0.3, -0.25) is 0 Å². The molecule has 1 atom stereocenters. The molecule has 4 nitrogen and oxygen atoms in total. The van der Waals surface area contributed by atoms with Crippen LogP contribution in [0.25, 0.3) is 0 Å². The van der Waals surface area contributed by atoms with Gasteiger partial charge in [-0.2, -0.15) is 0 Å². The quantitative estimate of drug-likeness (QED) is 0.455. The van der Waals surface area contributed by atoms with Crippen molar-refractivity contribution in [1.82, 2.24) is 0 Å². The molecule has 19 heavy (non-hydrogen) atoms. The standard InChI is InChI=1S/C15H22O4/c1-3-17-12-15(16-2)13-19-10-9-18-11-14-7-5-4-6-8-14/h3-8,15H,1,9-13H2,2H3. The highest BCUT2D eigenvalue weighted by molar-refractivity contribution is 5.13. The minimum absolute atomic E-state index is 0.0767. The molecule has 0 aliphatic rings. The third kappa shape index (κ3) is 7.62. The van der Waals surface area contributed by atoms with Crippen molar-refractivity contribution in [2.24, 2.45) is 0 Å². The lowest BCUT2D eigenvalue weighted by Gasteiger charge is -2.14. The molecule has 0 fully saturated rings. The average molecular weight is 266 g/mol. The van der Waals surface area contributed by atoms with Crippen LogP contribution in [0.1, 0.15) is 5.56 Å². The third-order valence-electron chi connectivity index (χ3n) is 2.52. The van der Waals surface area contributed by atoms with Crippen molar-refractivity contribution in [3.63, 3.8) is 0 Å². The van der Waals surface area contributed by atoms with Gasteiger partial charge in [0.15, 0.2) is 0 Å². The molecule has 0 saturated heterocycles. The Bertz CT molecular complexity index is 326. The van der Waals surface area contributed by atoms with Crippen LogP contribution >= 0.6 is 0 Å².